The van der Waals surface area contributed by atoms with E-state index in [1.807, 2.05) is 31.2 Å². The van der Waals surface area contributed by atoms with Crippen molar-refractivity contribution in [3.63, 3.8) is 0 Å². The lowest BCUT2D eigenvalue weighted by Crippen LogP contribution is -2.33. The third-order valence-electron chi connectivity index (χ3n) is 3.09. The van der Waals surface area contributed by atoms with E-state index >= 15 is 0 Å². The molecular formula is C15H21N5O2S. The van der Waals surface area contributed by atoms with E-state index in [0.29, 0.717) is 17.6 Å². The number of hydrogen-bond donors (Lipinski definition) is 1. The van der Waals surface area contributed by atoms with Crippen LogP contribution in [0.25, 0.3) is 5.69 Å². The number of carbonyl (C=O) groups is 1. The number of hydrogen-bond acceptors (Lipinski definition) is 6. The lowest BCUT2D eigenvalue weighted by molar-refractivity contribution is -0.120. The maximum atomic E-state index is 12.1. The van der Waals surface area contributed by atoms with Crippen molar-refractivity contribution < 1.29 is 9.53 Å². The van der Waals surface area contributed by atoms with Crippen LogP contribution in [0.5, 0.6) is 5.75 Å². The van der Waals surface area contributed by atoms with Gasteiger partial charge in [-0.3, -0.25) is 4.79 Å². The van der Waals surface area contributed by atoms with E-state index in [0.717, 1.165) is 11.4 Å². The monoisotopic (exact) mass is 335 g/mol. The normalized spacial score (nSPS) is 12.2. The summed E-state index contributed by atoms with van der Waals surface area (Å²) in [6.45, 7) is 6.62. The van der Waals surface area contributed by atoms with Crippen LogP contribution in [0.2, 0.25) is 0 Å². The summed E-state index contributed by atoms with van der Waals surface area (Å²) in [5.74, 6) is 1.16. The fraction of sp³-hybridized carbons (Fsp3) is 0.467. The van der Waals surface area contributed by atoms with E-state index in [1.165, 1.54) is 11.8 Å². The van der Waals surface area contributed by atoms with Crippen molar-refractivity contribution in [2.24, 2.45) is 5.92 Å². The predicted molar refractivity (Wildman–Crippen MR) is 88.9 cm³/mol. The van der Waals surface area contributed by atoms with E-state index in [2.05, 4.69) is 34.7 Å². The Hall–Kier alpha value is -2.09. The number of ether oxygens (including phenoxy) is 1. The van der Waals surface area contributed by atoms with Crippen LogP contribution in [0.15, 0.2) is 29.4 Å². The largest absolute Gasteiger partial charge is 0.497 e. The molecule has 1 aromatic carbocycles. The summed E-state index contributed by atoms with van der Waals surface area (Å²) >= 11 is 1.32. The Morgan fingerprint density at radius 1 is 1.30 bits per heavy atom. The highest BCUT2D eigenvalue weighted by Crippen LogP contribution is 2.23. The molecule has 1 amide bonds. The molecule has 0 aliphatic heterocycles. The van der Waals surface area contributed by atoms with Gasteiger partial charge in [0.05, 0.1) is 18.0 Å². The summed E-state index contributed by atoms with van der Waals surface area (Å²) < 4.78 is 6.75. The molecule has 0 radical (unpaired) electrons. The second-order valence-corrected chi connectivity index (χ2v) is 6.78. The van der Waals surface area contributed by atoms with Crippen molar-refractivity contribution in [3.05, 3.63) is 24.3 Å². The predicted octanol–water partition coefficient (Wildman–Crippen LogP) is 1.92. The molecule has 1 atom stereocenters. The first-order valence-corrected chi connectivity index (χ1v) is 8.26. The molecule has 1 aromatic heterocycles. The zero-order chi connectivity index (χ0) is 16.8. The molecule has 0 fully saturated rings. The Bertz CT molecular complexity index is 642. The van der Waals surface area contributed by atoms with Crippen LogP contribution in [0, 0.1) is 5.92 Å². The third kappa shape index (κ3) is 4.69. The van der Waals surface area contributed by atoms with Gasteiger partial charge in [0, 0.05) is 6.54 Å². The number of amides is 1. The van der Waals surface area contributed by atoms with Crippen LogP contribution >= 0.6 is 11.8 Å². The van der Waals surface area contributed by atoms with Crippen molar-refractivity contribution in [2.75, 3.05) is 13.7 Å². The summed E-state index contributed by atoms with van der Waals surface area (Å²) in [4.78, 5) is 12.1. The highest BCUT2D eigenvalue weighted by molar-refractivity contribution is 8.00. The Morgan fingerprint density at radius 2 is 2.00 bits per heavy atom. The van der Waals surface area contributed by atoms with E-state index in [9.17, 15) is 4.79 Å². The second-order valence-electron chi connectivity index (χ2n) is 5.47. The Labute approximate surface area is 139 Å². The molecule has 0 saturated heterocycles. The molecule has 0 aliphatic rings. The standard InChI is InChI=1S/C15H21N5O2S/c1-10(2)9-16-14(21)11(3)23-15-17-18-19-20(15)12-5-7-13(22-4)8-6-12/h5-8,10-11H,9H2,1-4H3,(H,16,21). The lowest BCUT2D eigenvalue weighted by Gasteiger charge is -2.13. The van der Waals surface area contributed by atoms with Gasteiger partial charge in [-0.05, 0) is 47.5 Å². The SMILES string of the molecule is COc1ccc(-n2nnnc2SC(C)C(=O)NCC(C)C)cc1. The average molecular weight is 335 g/mol. The highest BCUT2D eigenvalue weighted by atomic mass is 32.2. The molecular weight excluding hydrogens is 314 g/mol. The van der Waals surface area contributed by atoms with Crippen molar-refractivity contribution >= 4 is 17.7 Å². The van der Waals surface area contributed by atoms with Gasteiger partial charge in [0.25, 0.3) is 0 Å². The van der Waals surface area contributed by atoms with Gasteiger partial charge >= 0.3 is 0 Å². The van der Waals surface area contributed by atoms with Gasteiger partial charge in [0.1, 0.15) is 5.75 Å². The molecule has 7 nitrogen and oxygen atoms in total. The quantitative estimate of drug-likeness (QED) is 0.779. The number of methoxy groups -OCH3 is 1. The van der Waals surface area contributed by atoms with Gasteiger partial charge in [0.2, 0.25) is 11.1 Å². The number of nitrogens with one attached hydrogen (secondary N) is 1. The fourth-order valence-electron chi connectivity index (χ4n) is 1.80. The molecule has 0 bridgehead atoms. The summed E-state index contributed by atoms with van der Waals surface area (Å²) in [6, 6.07) is 7.40. The lowest BCUT2D eigenvalue weighted by atomic mass is 10.2. The van der Waals surface area contributed by atoms with Crippen LogP contribution in [0.4, 0.5) is 0 Å². The van der Waals surface area contributed by atoms with Crippen molar-refractivity contribution in [1.82, 2.24) is 25.5 Å². The summed E-state index contributed by atoms with van der Waals surface area (Å²) in [5, 5.41) is 14.9. The van der Waals surface area contributed by atoms with E-state index < -0.39 is 0 Å². The van der Waals surface area contributed by atoms with Crippen LogP contribution in [0.3, 0.4) is 0 Å². The van der Waals surface area contributed by atoms with Crippen LogP contribution in [0.1, 0.15) is 20.8 Å². The molecule has 1 heterocycles. The first kappa shape index (κ1) is 17.3. The molecule has 0 spiro atoms. The topological polar surface area (TPSA) is 81.9 Å². The minimum absolute atomic E-state index is 0.0204. The smallest absolute Gasteiger partial charge is 0.233 e. The number of benzene rings is 1. The van der Waals surface area contributed by atoms with E-state index in [4.69, 9.17) is 4.74 Å². The maximum absolute atomic E-state index is 12.1. The van der Waals surface area contributed by atoms with Gasteiger partial charge in [0.15, 0.2) is 0 Å². The number of rotatable bonds is 7. The minimum Gasteiger partial charge on any atom is -0.497 e. The summed E-state index contributed by atoms with van der Waals surface area (Å²) in [7, 11) is 1.62. The van der Waals surface area contributed by atoms with Crippen molar-refractivity contribution in [1.29, 1.82) is 0 Å². The third-order valence-corrected chi connectivity index (χ3v) is 4.13. The molecule has 1 N–H and O–H groups in total. The molecule has 124 valence electrons. The highest BCUT2D eigenvalue weighted by Gasteiger charge is 2.19. The molecule has 23 heavy (non-hydrogen) atoms. The van der Waals surface area contributed by atoms with Gasteiger partial charge in [-0.15, -0.1) is 5.10 Å². The Kier molecular flexibility index (Phi) is 5.97. The van der Waals surface area contributed by atoms with Gasteiger partial charge in [-0.2, -0.15) is 4.68 Å². The van der Waals surface area contributed by atoms with Gasteiger partial charge in [-0.25, -0.2) is 0 Å². The first-order chi connectivity index (χ1) is 11.0. The fourth-order valence-corrected chi connectivity index (χ4v) is 2.63. The van der Waals surface area contributed by atoms with Crippen molar-refractivity contribution in [2.45, 2.75) is 31.2 Å². The molecule has 0 saturated carbocycles. The van der Waals surface area contributed by atoms with Crippen LogP contribution < -0.4 is 10.1 Å². The minimum atomic E-state index is -0.281. The number of thioether (sulfide) groups is 1. The second kappa shape index (κ2) is 7.96. The molecule has 2 rings (SSSR count). The first-order valence-electron chi connectivity index (χ1n) is 7.38. The zero-order valence-electron chi connectivity index (χ0n) is 13.7. The maximum Gasteiger partial charge on any atom is 0.233 e. The number of carbonyl (C=O) groups excluding carboxylic acids is 1. The van der Waals surface area contributed by atoms with Gasteiger partial charge < -0.3 is 10.1 Å². The van der Waals surface area contributed by atoms with E-state index in [1.54, 1.807) is 11.8 Å². The van der Waals surface area contributed by atoms with Gasteiger partial charge in [-0.1, -0.05) is 25.6 Å². The number of nitrogens with zero attached hydrogens (tertiary/aromatic N) is 4. The zero-order valence-corrected chi connectivity index (χ0v) is 14.5. The molecule has 0 aliphatic carbocycles. The molecule has 8 heteroatoms. The van der Waals surface area contributed by atoms with Crippen LogP contribution in [-0.2, 0) is 4.79 Å². The number of tetrazole rings is 1. The molecule has 1 unspecified atom stereocenters. The number of aromatic nitrogens is 4. The Morgan fingerprint density at radius 3 is 2.61 bits per heavy atom. The molecule has 2 aromatic rings. The summed E-state index contributed by atoms with van der Waals surface area (Å²) in [5.41, 5.74) is 0.813. The summed E-state index contributed by atoms with van der Waals surface area (Å²) in [6.07, 6.45) is 0. The Balaban J connectivity index is 2.06. The van der Waals surface area contributed by atoms with Crippen molar-refractivity contribution in [3.8, 4) is 11.4 Å². The van der Waals surface area contributed by atoms with E-state index in [-0.39, 0.29) is 11.2 Å². The average Bonchev–Trinajstić information content (AvgIpc) is 3.00. The van der Waals surface area contributed by atoms with Crippen LogP contribution in [-0.4, -0.2) is 45.0 Å².